The molecule has 2 saturated heterocycles. The predicted octanol–water partition coefficient (Wildman–Crippen LogP) is 2.33. The van der Waals surface area contributed by atoms with Crippen molar-refractivity contribution < 1.29 is 27.2 Å². The van der Waals surface area contributed by atoms with Crippen LogP contribution >= 0.6 is 0 Å². The largest absolute Gasteiger partial charge is 0.471 e. The Morgan fingerprint density at radius 3 is 2.41 bits per heavy atom. The van der Waals surface area contributed by atoms with Crippen LogP contribution in [0.2, 0.25) is 0 Å². The van der Waals surface area contributed by atoms with Gasteiger partial charge in [-0.15, -0.1) is 0 Å². The number of amides is 2. The van der Waals surface area contributed by atoms with Crippen molar-refractivity contribution in [2.75, 3.05) is 32.7 Å². The van der Waals surface area contributed by atoms with Gasteiger partial charge in [-0.1, -0.05) is 0 Å². The maximum absolute atomic E-state index is 12.5. The Kier molecular flexibility index (Phi) is 6.08. The minimum absolute atomic E-state index is 0.0432. The second kappa shape index (κ2) is 8.33. The highest BCUT2D eigenvalue weighted by Crippen LogP contribution is 2.26. The first-order valence-corrected chi connectivity index (χ1v) is 9.27. The summed E-state index contributed by atoms with van der Waals surface area (Å²) in [6.07, 6.45) is -0.562. The molecule has 1 aromatic heterocycles. The van der Waals surface area contributed by atoms with Crippen LogP contribution in [0.4, 0.5) is 13.2 Å². The van der Waals surface area contributed by atoms with Gasteiger partial charge in [-0.25, -0.2) is 0 Å². The number of hydrogen-bond acceptors (Lipinski definition) is 4. The van der Waals surface area contributed by atoms with Gasteiger partial charge in [0.1, 0.15) is 5.76 Å². The number of carbonyl (C=O) groups is 2. The van der Waals surface area contributed by atoms with Crippen molar-refractivity contribution in [2.45, 2.75) is 37.9 Å². The van der Waals surface area contributed by atoms with Gasteiger partial charge < -0.3 is 14.6 Å². The zero-order valence-corrected chi connectivity index (χ0v) is 15.0. The number of alkyl halides is 3. The van der Waals surface area contributed by atoms with E-state index in [1.807, 2.05) is 12.1 Å². The lowest BCUT2D eigenvalue weighted by molar-refractivity contribution is -0.186. The van der Waals surface area contributed by atoms with Crippen LogP contribution in [0, 0.1) is 5.92 Å². The fourth-order valence-corrected chi connectivity index (χ4v) is 3.81. The Hall–Kier alpha value is -2.03. The van der Waals surface area contributed by atoms with E-state index >= 15 is 0 Å². The summed E-state index contributed by atoms with van der Waals surface area (Å²) < 4.78 is 43.0. The van der Waals surface area contributed by atoms with E-state index in [1.165, 1.54) is 0 Å². The normalized spacial score (nSPS) is 20.6. The van der Waals surface area contributed by atoms with Crippen molar-refractivity contribution in [3.05, 3.63) is 24.2 Å². The number of likely N-dealkylation sites (tertiary alicyclic amines) is 2. The predicted molar refractivity (Wildman–Crippen MR) is 90.6 cm³/mol. The zero-order valence-electron chi connectivity index (χ0n) is 15.0. The maximum atomic E-state index is 12.5. The van der Waals surface area contributed by atoms with Crippen molar-refractivity contribution in [3.63, 3.8) is 0 Å². The quantitative estimate of drug-likeness (QED) is 0.842. The van der Waals surface area contributed by atoms with E-state index in [1.54, 1.807) is 6.26 Å². The Morgan fingerprint density at radius 1 is 1.19 bits per heavy atom. The second-order valence-electron chi connectivity index (χ2n) is 7.08. The summed E-state index contributed by atoms with van der Waals surface area (Å²) in [5, 5.41) is 2.93. The number of hydrogen-bond donors (Lipinski definition) is 1. The lowest BCUT2D eigenvalue weighted by Gasteiger charge is -2.32. The van der Waals surface area contributed by atoms with Gasteiger partial charge in [0.15, 0.2) is 0 Å². The first-order valence-electron chi connectivity index (χ1n) is 9.27. The Labute approximate surface area is 155 Å². The van der Waals surface area contributed by atoms with Gasteiger partial charge in [0.25, 0.3) is 0 Å². The summed E-state index contributed by atoms with van der Waals surface area (Å²) in [6, 6.07) is 3.66. The fourth-order valence-electron chi connectivity index (χ4n) is 3.81. The molecule has 2 aliphatic heterocycles. The van der Waals surface area contributed by atoms with Gasteiger partial charge in [-0.05, 0) is 50.9 Å². The minimum atomic E-state index is -4.86. The standard InChI is InChI=1S/C18H24F3N3O3/c19-18(20,21)17(26)24-9-5-13(6-10-24)16(25)22-12-14(15-4-3-11-27-15)23-7-1-2-8-23/h3-4,11,13-14H,1-2,5-10,12H2,(H,22,25). The number of piperidine rings is 1. The molecule has 6 nitrogen and oxygen atoms in total. The molecule has 2 fully saturated rings. The van der Waals surface area contributed by atoms with Crippen molar-refractivity contribution in [1.29, 1.82) is 0 Å². The smallest absolute Gasteiger partial charge is 0.468 e. The SMILES string of the molecule is O=C(NCC(c1ccco1)N1CCCC1)C1CCN(C(=O)C(F)(F)F)CC1. The molecule has 0 saturated carbocycles. The summed E-state index contributed by atoms with van der Waals surface area (Å²) in [4.78, 5) is 26.8. The molecule has 150 valence electrons. The van der Waals surface area contributed by atoms with Gasteiger partial charge in [-0.3, -0.25) is 14.5 Å². The number of carbonyl (C=O) groups excluding carboxylic acids is 2. The highest BCUT2D eigenvalue weighted by atomic mass is 19.4. The van der Waals surface area contributed by atoms with Crippen LogP contribution in [0.3, 0.4) is 0 Å². The third-order valence-corrected chi connectivity index (χ3v) is 5.32. The van der Waals surface area contributed by atoms with Crippen molar-refractivity contribution >= 4 is 11.8 Å². The number of nitrogens with one attached hydrogen (secondary N) is 1. The van der Waals surface area contributed by atoms with Gasteiger partial charge in [-0.2, -0.15) is 13.2 Å². The van der Waals surface area contributed by atoms with E-state index in [9.17, 15) is 22.8 Å². The number of furan rings is 1. The van der Waals surface area contributed by atoms with Crippen LogP contribution in [0.15, 0.2) is 22.8 Å². The van der Waals surface area contributed by atoms with Crippen LogP contribution in [0.25, 0.3) is 0 Å². The van der Waals surface area contributed by atoms with Gasteiger partial charge >= 0.3 is 12.1 Å². The molecular formula is C18H24F3N3O3. The lowest BCUT2D eigenvalue weighted by atomic mass is 9.95. The van der Waals surface area contributed by atoms with Gasteiger partial charge in [0.2, 0.25) is 5.91 Å². The third-order valence-electron chi connectivity index (χ3n) is 5.32. The van der Waals surface area contributed by atoms with Crippen LogP contribution < -0.4 is 5.32 Å². The number of rotatable bonds is 5. The number of nitrogens with zero attached hydrogens (tertiary/aromatic N) is 2. The van der Waals surface area contributed by atoms with Gasteiger partial charge in [0.05, 0.1) is 12.3 Å². The van der Waals surface area contributed by atoms with Crippen LogP contribution in [-0.4, -0.2) is 60.5 Å². The molecule has 0 aromatic carbocycles. The van der Waals surface area contributed by atoms with E-state index in [4.69, 9.17) is 4.42 Å². The summed E-state index contributed by atoms with van der Waals surface area (Å²) in [6.45, 7) is 2.18. The van der Waals surface area contributed by atoms with Crippen LogP contribution in [0.1, 0.15) is 37.5 Å². The van der Waals surface area contributed by atoms with Crippen LogP contribution in [0.5, 0.6) is 0 Å². The van der Waals surface area contributed by atoms with E-state index in [0.29, 0.717) is 6.54 Å². The van der Waals surface area contributed by atoms with Crippen molar-refractivity contribution in [2.24, 2.45) is 5.92 Å². The Bertz CT molecular complexity index is 634. The molecule has 0 spiro atoms. The average Bonchev–Trinajstić information content (AvgIpc) is 3.35. The summed E-state index contributed by atoms with van der Waals surface area (Å²) in [5.74, 6) is -1.58. The molecule has 0 radical (unpaired) electrons. The number of halogens is 3. The third kappa shape index (κ3) is 4.82. The molecule has 1 N–H and O–H groups in total. The first kappa shape index (κ1) is 19.7. The minimum Gasteiger partial charge on any atom is -0.468 e. The Balaban J connectivity index is 1.51. The zero-order chi connectivity index (χ0) is 19.4. The van der Waals surface area contributed by atoms with Gasteiger partial charge in [0, 0.05) is 25.6 Å². The molecule has 9 heteroatoms. The molecule has 1 unspecified atom stereocenters. The molecule has 2 aliphatic rings. The van der Waals surface area contributed by atoms with Crippen molar-refractivity contribution in [3.8, 4) is 0 Å². The molecule has 2 amide bonds. The highest BCUT2D eigenvalue weighted by Gasteiger charge is 2.43. The molecule has 27 heavy (non-hydrogen) atoms. The molecular weight excluding hydrogens is 363 g/mol. The summed E-state index contributed by atoms with van der Waals surface area (Å²) in [5.41, 5.74) is 0. The topological polar surface area (TPSA) is 65.8 Å². The van der Waals surface area contributed by atoms with E-state index in [-0.39, 0.29) is 43.8 Å². The fraction of sp³-hybridized carbons (Fsp3) is 0.667. The van der Waals surface area contributed by atoms with Crippen molar-refractivity contribution in [1.82, 2.24) is 15.1 Å². The Morgan fingerprint density at radius 2 is 1.85 bits per heavy atom. The first-order chi connectivity index (χ1) is 12.9. The molecule has 1 aromatic rings. The molecule has 3 heterocycles. The molecule has 0 bridgehead atoms. The summed E-state index contributed by atoms with van der Waals surface area (Å²) in [7, 11) is 0. The maximum Gasteiger partial charge on any atom is 0.471 e. The molecule has 0 aliphatic carbocycles. The molecule has 3 rings (SSSR count). The van der Waals surface area contributed by atoms with E-state index in [0.717, 1.165) is 36.6 Å². The monoisotopic (exact) mass is 387 g/mol. The average molecular weight is 387 g/mol. The van der Waals surface area contributed by atoms with Crippen LogP contribution in [-0.2, 0) is 9.59 Å². The van der Waals surface area contributed by atoms with E-state index < -0.39 is 12.1 Å². The van der Waals surface area contributed by atoms with E-state index in [2.05, 4.69) is 10.2 Å². The summed E-state index contributed by atoms with van der Waals surface area (Å²) >= 11 is 0. The highest BCUT2D eigenvalue weighted by molar-refractivity contribution is 5.83. The second-order valence-corrected chi connectivity index (χ2v) is 7.08. The molecule has 1 atom stereocenters. The lowest BCUT2D eigenvalue weighted by Crippen LogP contribution is -2.48.